The second kappa shape index (κ2) is 7.34. The summed E-state index contributed by atoms with van der Waals surface area (Å²) < 4.78 is 18.4. The number of nitrogens with one attached hydrogen (secondary N) is 1. The van der Waals surface area contributed by atoms with Crippen molar-refractivity contribution in [3.05, 3.63) is 59.9 Å². The molecule has 0 saturated heterocycles. The minimum Gasteiger partial charge on any atom is -0.479 e. The lowest BCUT2D eigenvalue weighted by molar-refractivity contribution is -0.125. The molecule has 5 nitrogen and oxygen atoms in total. The van der Waals surface area contributed by atoms with Gasteiger partial charge in [0.25, 0.3) is 5.91 Å². The third-order valence-electron chi connectivity index (χ3n) is 4.04. The smallest absolute Gasteiger partial charge is 0.267 e. The third kappa shape index (κ3) is 3.96. The Balaban J connectivity index is 1.58. The molecule has 0 fully saturated rings. The van der Waals surface area contributed by atoms with Crippen LogP contribution in [-0.4, -0.2) is 24.5 Å². The van der Waals surface area contributed by atoms with Crippen LogP contribution >= 0.6 is 0 Å². The molecule has 1 atom stereocenters. The summed E-state index contributed by atoms with van der Waals surface area (Å²) in [6.45, 7) is 2.29. The van der Waals surface area contributed by atoms with Gasteiger partial charge in [0.1, 0.15) is 11.6 Å². The Labute approximate surface area is 145 Å². The molecule has 2 aromatic rings. The second-order valence-electron chi connectivity index (χ2n) is 5.87. The van der Waals surface area contributed by atoms with Crippen LogP contribution in [0, 0.1) is 5.82 Å². The highest BCUT2D eigenvalue weighted by atomic mass is 19.1. The molecule has 0 spiro atoms. The van der Waals surface area contributed by atoms with Crippen LogP contribution in [0.1, 0.15) is 18.9 Å². The van der Waals surface area contributed by atoms with E-state index in [1.807, 2.05) is 12.1 Å². The van der Waals surface area contributed by atoms with E-state index in [2.05, 4.69) is 5.32 Å². The summed E-state index contributed by atoms with van der Waals surface area (Å²) in [6, 6.07) is 13.2. The number of anilines is 1. The Morgan fingerprint density at radius 1 is 1.20 bits per heavy atom. The molecule has 1 unspecified atom stereocenters. The van der Waals surface area contributed by atoms with Crippen LogP contribution in [0.5, 0.6) is 5.75 Å². The fourth-order valence-electron chi connectivity index (χ4n) is 2.69. The highest BCUT2D eigenvalue weighted by molar-refractivity contribution is 6.00. The molecule has 0 radical (unpaired) electrons. The number of hydrogen-bond acceptors (Lipinski definition) is 3. The van der Waals surface area contributed by atoms with Crippen LogP contribution in [-0.2, 0) is 16.1 Å². The molecule has 0 aromatic heterocycles. The first-order chi connectivity index (χ1) is 12.0. The van der Waals surface area contributed by atoms with Crippen molar-refractivity contribution in [2.24, 2.45) is 0 Å². The van der Waals surface area contributed by atoms with E-state index < -0.39 is 6.10 Å². The van der Waals surface area contributed by atoms with Crippen LogP contribution in [0.25, 0.3) is 0 Å². The normalized spacial score (nSPS) is 16.2. The Morgan fingerprint density at radius 3 is 2.68 bits per heavy atom. The number of fused-ring (bicyclic) bond motifs is 1. The Kier molecular flexibility index (Phi) is 4.97. The van der Waals surface area contributed by atoms with Gasteiger partial charge in [-0.05, 0) is 36.8 Å². The van der Waals surface area contributed by atoms with Crippen molar-refractivity contribution in [2.45, 2.75) is 26.0 Å². The van der Waals surface area contributed by atoms with Gasteiger partial charge in [0.05, 0.1) is 5.69 Å². The number of carbonyl (C=O) groups is 2. The molecule has 3 rings (SSSR count). The molecule has 1 aliphatic heterocycles. The number of nitrogens with zero attached hydrogens (tertiary/aromatic N) is 1. The average molecular weight is 342 g/mol. The van der Waals surface area contributed by atoms with Crippen LogP contribution in [0.15, 0.2) is 48.5 Å². The van der Waals surface area contributed by atoms with Gasteiger partial charge < -0.3 is 15.0 Å². The minimum absolute atomic E-state index is 0.162. The average Bonchev–Trinajstić information content (AvgIpc) is 2.61. The van der Waals surface area contributed by atoms with E-state index in [0.29, 0.717) is 18.0 Å². The van der Waals surface area contributed by atoms with Gasteiger partial charge >= 0.3 is 0 Å². The zero-order chi connectivity index (χ0) is 17.8. The predicted octanol–water partition coefficient (Wildman–Crippen LogP) is 2.65. The molecule has 0 saturated carbocycles. The number of hydrogen-bond donors (Lipinski definition) is 1. The summed E-state index contributed by atoms with van der Waals surface area (Å²) in [5.41, 5.74) is 1.49. The Morgan fingerprint density at radius 2 is 1.92 bits per heavy atom. The van der Waals surface area contributed by atoms with Crippen molar-refractivity contribution in [3.63, 3.8) is 0 Å². The minimum atomic E-state index is -0.572. The Bertz CT molecular complexity index is 776. The summed E-state index contributed by atoms with van der Waals surface area (Å²) in [7, 11) is 0. The molecule has 2 aromatic carbocycles. The van der Waals surface area contributed by atoms with Crippen molar-refractivity contribution in [1.29, 1.82) is 0 Å². The van der Waals surface area contributed by atoms with E-state index >= 15 is 0 Å². The van der Waals surface area contributed by atoms with Crippen molar-refractivity contribution in [2.75, 3.05) is 11.4 Å². The summed E-state index contributed by atoms with van der Waals surface area (Å²) in [4.78, 5) is 26.0. The number of para-hydroxylation sites is 2. The molecule has 0 aliphatic carbocycles. The van der Waals surface area contributed by atoms with E-state index in [9.17, 15) is 14.0 Å². The number of benzene rings is 2. The van der Waals surface area contributed by atoms with Crippen molar-refractivity contribution < 1.29 is 18.7 Å². The largest absolute Gasteiger partial charge is 0.479 e. The first-order valence-corrected chi connectivity index (χ1v) is 8.13. The van der Waals surface area contributed by atoms with E-state index in [0.717, 1.165) is 5.56 Å². The van der Waals surface area contributed by atoms with E-state index in [1.54, 1.807) is 36.1 Å². The van der Waals surface area contributed by atoms with E-state index in [1.165, 1.54) is 12.1 Å². The number of ether oxygens (including phenoxy) is 1. The van der Waals surface area contributed by atoms with Crippen molar-refractivity contribution in [3.8, 4) is 5.75 Å². The topological polar surface area (TPSA) is 58.6 Å². The number of halogens is 1. The van der Waals surface area contributed by atoms with E-state index in [4.69, 9.17) is 4.74 Å². The summed E-state index contributed by atoms with van der Waals surface area (Å²) in [6.07, 6.45) is -0.397. The highest BCUT2D eigenvalue weighted by Crippen LogP contribution is 2.33. The molecule has 130 valence electrons. The maximum Gasteiger partial charge on any atom is 0.267 e. The van der Waals surface area contributed by atoms with Gasteiger partial charge in [-0.2, -0.15) is 0 Å². The van der Waals surface area contributed by atoms with Crippen LogP contribution in [0.3, 0.4) is 0 Å². The van der Waals surface area contributed by atoms with Gasteiger partial charge in [-0.1, -0.05) is 24.3 Å². The quantitative estimate of drug-likeness (QED) is 0.909. The maximum absolute atomic E-state index is 12.9. The first-order valence-electron chi connectivity index (χ1n) is 8.13. The highest BCUT2D eigenvalue weighted by Gasteiger charge is 2.31. The lowest BCUT2D eigenvalue weighted by Crippen LogP contribution is -2.45. The maximum atomic E-state index is 12.9. The van der Waals surface area contributed by atoms with E-state index in [-0.39, 0.29) is 30.6 Å². The lowest BCUT2D eigenvalue weighted by atomic mass is 10.1. The fraction of sp³-hybridized carbons (Fsp3) is 0.263. The SMILES string of the molecule is CC1Oc2ccccc2N(CCC(=O)NCc2ccc(F)cc2)C1=O. The summed E-state index contributed by atoms with van der Waals surface area (Å²) in [5.74, 6) is -0.00574. The summed E-state index contributed by atoms with van der Waals surface area (Å²) >= 11 is 0. The van der Waals surface area contributed by atoms with Crippen LogP contribution in [0.2, 0.25) is 0 Å². The summed E-state index contributed by atoms with van der Waals surface area (Å²) in [5, 5.41) is 2.78. The predicted molar refractivity (Wildman–Crippen MR) is 91.7 cm³/mol. The number of rotatable bonds is 5. The standard InChI is InChI=1S/C19H19FN2O3/c1-13-19(24)22(16-4-2-3-5-17(16)25-13)11-10-18(23)21-12-14-6-8-15(20)9-7-14/h2-9,13H,10-12H2,1H3,(H,21,23). The molecule has 25 heavy (non-hydrogen) atoms. The monoisotopic (exact) mass is 342 g/mol. The molecule has 0 bridgehead atoms. The Hall–Kier alpha value is -2.89. The number of amides is 2. The van der Waals surface area contributed by atoms with Gasteiger partial charge in [-0.3, -0.25) is 9.59 Å². The van der Waals surface area contributed by atoms with Gasteiger partial charge in [0.15, 0.2) is 6.10 Å². The van der Waals surface area contributed by atoms with Gasteiger partial charge in [-0.15, -0.1) is 0 Å². The van der Waals surface area contributed by atoms with Crippen LogP contribution in [0.4, 0.5) is 10.1 Å². The van der Waals surface area contributed by atoms with Crippen LogP contribution < -0.4 is 15.0 Å². The van der Waals surface area contributed by atoms with Gasteiger partial charge in [-0.25, -0.2) is 4.39 Å². The molecular weight excluding hydrogens is 323 g/mol. The third-order valence-corrected chi connectivity index (χ3v) is 4.04. The first kappa shape index (κ1) is 17.0. The zero-order valence-corrected chi connectivity index (χ0v) is 13.9. The second-order valence-corrected chi connectivity index (χ2v) is 5.87. The van der Waals surface area contributed by atoms with Crippen molar-refractivity contribution in [1.82, 2.24) is 5.32 Å². The molecule has 1 N–H and O–H groups in total. The van der Waals surface area contributed by atoms with Gasteiger partial charge in [0, 0.05) is 19.5 Å². The number of carbonyl (C=O) groups excluding carboxylic acids is 2. The molecule has 1 aliphatic rings. The molecular formula is C19H19FN2O3. The fourth-order valence-corrected chi connectivity index (χ4v) is 2.69. The molecule has 2 amide bonds. The van der Waals surface area contributed by atoms with Crippen molar-refractivity contribution >= 4 is 17.5 Å². The van der Waals surface area contributed by atoms with Gasteiger partial charge in [0.2, 0.25) is 5.91 Å². The zero-order valence-electron chi connectivity index (χ0n) is 13.9. The molecule has 6 heteroatoms. The molecule has 1 heterocycles. The lowest BCUT2D eigenvalue weighted by Gasteiger charge is -2.32.